The third kappa shape index (κ3) is 4.61. The molecule has 1 aliphatic heterocycles. The van der Waals surface area contributed by atoms with E-state index in [4.69, 9.17) is 9.47 Å². The first-order chi connectivity index (χ1) is 18.4. The van der Waals surface area contributed by atoms with Crippen molar-refractivity contribution in [2.45, 2.75) is 36.3 Å². The molecule has 1 fully saturated rings. The van der Waals surface area contributed by atoms with E-state index in [2.05, 4.69) is 11.6 Å². The summed E-state index contributed by atoms with van der Waals surface area (Å²) in [6, 6.07) is 10.9. The van der Waals surface area contributed by atoms with Gasteiger partial charge < -0.3 is 19.7 Å². The number of aromatic nitrogens is 1. The smallest absolute Gasteiger partial charge is 0.401 e. The lowest BCUT2D eigenvalue weighted by atomic mass is 9.70. The summed E-state index contributed by atoms with van der Waals surface area (Å²) in [5.41, 5.74) is -2.67. The Hall–Kier alpha value is -3.65. The van der Waals surface area contributed by atoms with Crippen molar-refractivity contribution in [1.82, 2.24) is 9.88 Å². The molecule has 5 atom stereocenters. The molecule has 2 N–H and O–H groups in total. The van der Waals surface area contributed by atoms with Crippen LogP contribution in [0, 0.1) is 17.2 Å². The minimum Gasteiger partial charge on any atom is -0.495 e. The highest BCUT2D eigenvalue weighted by Crippen LogP contribution is 2.67. The van der Waals surface area contributed by atoms with Gasteiger partial charge in [0.1, 0.15) is 11.5 Å². The fourth-order valence-corrected chi connectivity index (χ4v) is 6.03. The zero-order valence-corrected chi connectivity index (χ0v) is 21.8. The van der Waals surface area contributed by atoms with Crippen LogP contribution in [-0.4, -0.2) is 65.2 Å². The van der Waals surface area contributed by atoms with E-state index in [9.17, 15) is 28.6 Å². The molecule has 10 heteroatoms. The second-order valence-electron chi connectivity index (χ2n) is 9.84. The molecule has 39 heavy (non-hydrogen) atoms. The number of ether oxygens (including phenoxy) is 2. The third-order valence-electron chi connectivity index (χ3n) is 7.53. The molecule has 0 saturated heterocycles. The molecule has 0 bridgehead atoms. The van der Waals surface area contributed by atoms with Crippen molar-refractivity contribution in [3.63, 3.8) is 0 Å². The molecule has 2 aliphatic rings. The predicted octanol–water partition coefficient (Wildman–Crippen LogP) is 4.26. The number of halogens is 3. The summed E-state index contributed by atoms with van der Waals surface area (Å²) in [6.45, 7) is 4.47. The van der Waals surface area contributed by atoms with Crippen LogP contribution in [0.2, 0.25) is 0 Å². The number of rotatable bonds is 8. The van der Waals surface area contributed by atoms with E-state index in [1.165, 1.54) is 38.7 Å². The van der Waals surface area contributed by atoms with E-state index in [-0.39, 0.29) is 29.2 Å². The van der Waals surface area contributed by atoms with Gasteiger partial charge in [0.2, 0.25) is 0 Å². The summed E-state index contributed by atoms with van der Waals surface area (Å²) >= 11 is 0. The van der Waals surface area contributed by atoms with Gasteiger partial charge in [-0.25, -0.2) is 0 Å². The van der Waals surface area contributed by atoms with Gasteiger partial charge in [-0.15, -0.1) is 0 Å². The van der Waals surface area contributed by atoms with E-state index < -0.39 is 41.9 Å². The number of aliphatic hydroxyl groups excluding tert-OH is 1. The lowest BCUT2D eigenvalue weighted by Crippen LogP contribution is -2.55. The molecule has 1 aromatic carbocycles. The zero-order chi connectivity index (χ0) is 28.6. The zero-order valence-electron chi connectivity index (χ0n) is 21.8. The molecule has 2 heterocycles. The summed E-state index contributed by atoms with van der Waals surface area (Å²) in [6.07, 6.45) is 1.33. The van der Waals surface area contributed by atoms with Crippen molar-refractivity contribution in [3.8, 4) is 17.6 Å². The standard InChI is InChI=1S/C29H30F3N3O4/c1-5-19(13-33)12-11-18(2)29-24(20-9-7-6-8-10-20)21(16-35(3)17-27(30,31)32)26(36)28(29,37)25-22(38-4)14-34-15-23(25)39-29/h5-12,14-15,21,24,26,36-37H,2,16-17H2,1,3-4H3/b12-11-,19-5+/t21-,24-,26-,28+,29+/m1/s1. The minimum absolute atomic E-state index is 0.135. The number of pyridine rings is 1. The van der Waals surface area contributed by atoms with Crippen molar-refractivity contribution in [2.24, 2.45) is 5.92 Å². The van der Waals surface area contributed by atoms with Gasteiger partial charge >= 0.3 is 6.18 Å². The molecular weight excluding hydrogens is 511 g/mol. The van der Waals surface area contributed by atoms with Crippen LogP contribution in [-0.2, 0) is 5.60 Å². The van der Waals surface area contributed by atoms with Gasteiger partial charge in [0.15, 0.2) is 11.2 Å². The number of fused-ring (bicyclic) bond motifs is 3. The Labute approximate surface area is 225 Å². The van der Waals surface area contributed by atoms with Crippen molar-refractivity contribution in [1.29, 1.82) is 5.26 Å². The average molecular weight is 542 g/mol. The molecule has 4 rings (SSSR count). The number of alkyl halides is 3. The highest BCUT2D eigenvalue weighted by atomic mass is 19.4. The number of allylic oxidation sites excluding steroid dienone is 3. The Balaban J connectivity index is 1.98. The Morgan fingerprint density at radius 3 is 2.56 bits per heavy atom. The highest BCUT2D eigenvalue weighted by molar-refractivity contribution is 5.61. The summed E-state index contributed by atoms with van der Waals surface area (Å²) in [5, 5.41) is 33.9. The van der Waals surface area contributed by atoms with Crippen LogP contribution in [0.5, 0.6) is 11.5 Å². The molecule has 7 nitrogen and oxygen atoms in total. The number of aliphatic hydroxyl groups is 2. The van der Waals surface area contributed by atoms with Gasteiger partial charge in [0, 0.05) is 24.0 Å². The van der Waals surface area contributed by atoms with Crippen LogP contribution in [0.3, 0.4) is 0 Å². The van der Waals surface area contributed by atoms with Gasteiger partial charge in [0.05, 0.1) is 43.8 Å². The van der Waals surface area contributed by atoms with Crippen molar-refractivity contribution in [3.05, 3.63) is 89.8 Å². The Bertz CT molecular complexity index is 1340. The summed E-state index contributed by atoms with van der Waals surface area (Å²) in [7, 11) is 2.69. The predicted molar refractivity (Wildman–Crippen MR) is 138 cm³/mol. The van der Waals surface area contributed by atoms with Gasteiger partial charge in [-0.2, -0.15) is 18.4 Å². The summed E-state index contributed by atoms with van der Waals surface area (Å²) < 4.78 is 51.9. The number of methoxy groups -OCH3 is 1. The van der Waals surface area contributed by atoms with Crippen LogP contribution >= 0.6 is 0 Å². The quantitative estimate of drug-likeness (QED) is 0.381. The number of hydrogen-bond acceptors (Lipinski definition) is 7. The van der Waals surface area contributed by atoms with Crippen molar-refractivity contribution < 1.29 is 32.9 Å². The number of hydrogen-bond donors (Lipinski definition) is 2. The fourth-order valence-electron chi connectivity index (χ4n) is 6.03. The molecule has 0 unspecified atom stereocenters. The van der Waals surface area contributed by atoms with Crippen LogP contribution in [0.4, 0.5) is 13.2 Å². The number of nitrogens with zero attached hydrogens (tertiary/aromatic N) is 3. The highest BCUT2D eigenvalue weighted by Gasteiger charge is 2.76. The first-order valence-corrected chi connectivity index (χ1v) is 12.3. The summed E-state index contributed by atoms with van der Waals surface area (Å²) in [4.78, 5) is 5.20. The molecule has 206 valence electrons. The monoisotopic (exact) mass is 541 g/mol. The van der Waals surface area contributed by atoms with Crippen LogP contribution < -0.4 is 9.47 Å². The summed E-state index contributed by atoms with van der Waals surface area (Å²) in [5.74, 6) is -1.49. The maximum absolute atomic E-state index is 13.3. The second kappa shape index (κ2) is 10.5. The Morgan fingerprint density at radius 2 is 1.97 bits per heavy atom. The van der Waals surface area contributed by atoms with E-state index in [0.717, 1.165) is 4.90 Å². The fraction of sp³-hybridized carbons (Fsp3) is 0.379. The number of nitriles is 1. The molecule has 1 aromatic heterocycles. The maximum Gasteiger partial charge on any atom is 0.401 e. The van der Waals surface area contributed by atoms with Crippen molar-refractivity contribution in [2.75, 3.05) is 27.2 Å². The first-order valence-electron chi connectivity index (χ1n) is 12.3. The van der Waals surface area contributed by atoms with Crippen LogP contribution in [0.25, 0.3) is 0 Å². The van der Waals surface area contributed by atoms with Gasteiger partial charge in [0.25, 0.3) is 0 Å². The normalized spacial score (nSPS) is 28.2. The van der Waals surface area contributed by atoms with E-state index >= 15 is 0 Å². The molecule has 2 aromatic rings. The van der Waals surface area contributed by atoms with Crippen molar-refractivity contribution >= 4 is 0 Å². The van der Waals surface area contributed by atoms with Gasteiger partial charge in [-0.3, -0.25) is 9.88 Å². The SMILES string of the molecule is C=C(/C=C\C(C#N)=C/C)[C@@]12Oc3cncc(OC)c3[C@]1(O)[C@H](O)[C@H](CN(C)CC(F)(F)F)[C@H]2c1ccccc1. The van der Waals surface area contributed by atoms with Crippen LogP contribution in [0.15, 0.2) is 78.7 Å². The average Bonchev–Trinajstić information content (AvgIpc) is 3.27. The largest absolute Gasteiger partial charge is 0.495 e. The lowest BCUT2D eigenvalue weighted by Gasteiger charge is -2.41. The number of benzene rings is 1. The molecule has 0 spiro atoms. The first kappa shape index (κ1) is 28.4. The topological polar surface area (TPSA) is 98.8 Å². The van der Waals surface area contributed by atoms with E-state index in [1.807, 2.05) is 6.07 Å². The van der Waals surface area contributed by atoms with Gasteiger partial charge in [-0.1, -0.05) is 49.1 Å². The third-order valence-corrected chi connectivity index (χ3v) is 7.53. The lowest BCUT2D eigenvalue weighted by molar-refractivity contribution is -0.148. The molecule has 0 radical (unpaired) electrons. The maximum atomic E-state index is 13.3. The van der Waals surface area contributed by atoms with Gasteiger partial charge in [-0.05, 0) is 31.2 Å². The molecular formula is C29H30F3N3O4. The second-order valence-corrected chi connectivity index (χ2v) is 9.84. The minimum atomic E-state index is -4.46. The molecule has 1 saturated carbocycles. The van der Waals surface area contributed by atoms with E-state index in [0.29, 0.717) is 11.1 Å². The Kier molecular flexibility index (Phi) is 7.63. The van der Waals surface area contributed by atoms with Crippen LogP contribution in [0.1, 0.15) is 24.0 Å². The molecule has 0 amide bonds. The Morgan fingerprint density at radius 1 is 1.28 bits per heavy atom. The van der Waals surface area contributed by atoms with E-state index in [1.54, 1.807) is 43.3 Å². The molecule has 1 aliphatic carbocycles.